The fourth-order valence-electron chi connectivity index (χ4n) is 1.57. The Kier molecular flexibility index (Phi) is 5.21. The van der Waals surface area contributed by atoms with Crippen molar-refractivity contribution in [3.63, 3.8) is 0 Å². The molecule has 0 spiro atoms. The quantitative estimate of drug-likeness (QED) is 0.666. The van der Waals surface area contributed by atoms with Crippen molar-refractivity contribution in [3.8, 4) is 0 Å². The summed E-state index contributed by atoms with van der Waals surface area (Å²) < 4.78 is 0. The van der Waals surface area contributed by atoms with Crippen LogP contribution in [0, 0.1) is 0 Å². The van der Waals surface area contributed by atoms with Crippen molar-refractivity contribution in [2.45, 2.75) is 0 Å². The highest BCUT2D eigenvalue weighted by atomic mass is 79.9. The van der Waals surface area contributed by atoms with E-state index in [9.17, 15) is 9.59 Å². The number of halogens is 1. The molecule has 92 valence electrons. The molecule has 2 amide bonds. The summed E-state index contributed by atoms with van der Waals surface area (Å²) in [5.41, 5.74) is 0. The Morgan fingerprint density at radius 1 is 1.19 bits per heavy atom. The van der Waals surface area contributed by atoms with Crippen molar-refractivity contribution >= 4 is 27.7 Å². The second-order valence-corrected chi connectivity index (χ2v) is 4.64. The molecule has 1 aliphatic rings. The molecule has 6 heteroatoms. The van der Waals surface area contributed by atoms with Crippen molar-refractivity contribution < 1.29 is 9.59 Å². The molecule has 1 fully saturated rings. The summed E-state index contributed by atoms with van der Waals surface area (Å²) in [4.78, 5) is 28.4. The third-order valence-corrected chi connectivity index (χ3v) is 3.18. The minimum Gasteiger partial charge on any atom is -0.348 e. The van der Waals surface area contributed by atoms with Crippen LogP contribution in [0.4, 0.5) is 0 Å². The van der Waals surface area contributed by atoms with E-state index in [0.717, 1.165) is 13.1 Å². The van der Waals surface area contributed by atoms with E-state index in [1.165, 1.54) is 0 Å². The van der Waals surface area contributed by atoms with Gasteiger partial charge < -0.3 is 9.80 Å². The van der Waals surface area contributed by atoms with Gasteiger partial charge in [0.2, 0.25) is 11.8 Å². The summed E-state index contributed by atoms with van der Waals surface area (Å²) in [5.74, 6) is 0.235. The number of carbonyl (C=O) groups is 2. The van der Waals surface area contributed by atoms with Crippen LogP contribution in [0.1, 0.15) is 0 Å². The topological polar surface area (TPSA) is 43.9 Å². The Morgan fingerprint density at radius 2 is 1.75 bits per heavy atom. The van der Waals surface area contributed by atoms with Crippen molar-refractivity contribution in [3.05, 3.63) is 0 Å². The van der Waals surface area contributed by atoms with Crippen LogP contribution < -0.4 is 0 Å². The Labute approximate surface area is 104 Å². The molecule has 1 aliphatic heterocycles. The van der Waals surface area contributed by atoms with Crippen molar-refractivity contribution in [1.29, 1.82) is 0 Å². The predicted octanol–water partition coefficient (Wildman–Crippen LogP) is -0.386. The van der Waals surface area contributed by atoms with E-state index in [-0.39, 0.29) is 11.8 Å². The highest BCUT2D eigenvalue weighted by Crippen LogP contribution is 2.03. The molecule has 5 nitrogen and oxygen atoms in total. The summed E-state index contributed by atoms with van der Waals surface area (Å²) >= 11 is 3.16. The van der Waals surface area contributed by atoms with Crippen LogP contribution in [0.3, 0.4) is 0 Å². The molecule has 1 rings (SSSR count). The molecule has 0 unspecified atom stereocenters. The van der Waals surface area contributed by atoms with Crippen molar-refractivity contribution in [1.82, 2.24) is 14.7 Å². The number of nitrogens with zero attached hydrogens (tertiary/aromatic N) is 3. The Balaban J connectivity index is 2.32. The number of likely N-dealkylation sites (N-methyl/N-ethyl adjacent to an activating group) is 1. The first-order valence-corrected chi connectivity index (χ1v) is 6.43. The van der Waals surface area contributed by atoms with Gasteiger partial charge in [0.1, 0.15) is 0 Å². The van der Waals surface area contributed by atoms with Gasteiger partial charge in [-0.25, -0.2) is 0 Å². The minimum absolute atomic E-state index is 0.111. The Bertz CT molecular complexity index is 263. The van der Waals surface area contributed by atoms with E-state index >= 15 is 0 Å². The fraction of sp³-hybridized carbons (Fsp3) is 0.800. The molecule has 0 aromatic heterocycles. The minimum atomic E-state index is 0.111. The molecule has 0 aliphatic carbocycles. The van der Waals surface area contributed by atoms with E-state index in [1.54, 1.807) is 19.0 Å². The van der Waals surface area contributed by atoms with Gasteiger partial charge in [0.05, 0.1) is 11.9 Å². The van der Waals surface area contributed by atoms with Gasteiger partial charge in [-0.3, -0.25) is 14.5 Å². The van der Waals surface area contributed by atoms with Gasteiger partial charge >= 0.3 is 0 Å². The van der Waals surface area contributed by atoms with Gasteiger partial charge in [0, 0.05) is 40.3 Å². The number of hydrogen-bond acceptors (Lipinski definition) is 3. The average Bonchev–Trinajstić information content (AvgIpc) is 2.28. The molecule has 0 N–H and O–H groups in total. The highest BCUT2D eigenvalue weighted by Gasteiger charge is 2.21. The number of rotatable bonds is 3. The van der Waals surface area contributed by atoms with Crippen LogP contribution in [-0.4, -0.2) is 78.7 Å². The molecule has 0 atom stereocenters. The van der Waals surface area contributed by atoms with Crippen LogP contribution in [0.5, 0.6) is 0 Å². The lowest BCUT2D eigenvalue weighted by atomic mass is 10.3. The van der Waals surface area contributed by atoms with Gasteiger partial charge in [-0.15, -0.1) is 0 Å². The molecule has 0 aromatic rings. The standard InChI is InChI=1S/C10H18BrN3O2/c1-12(2)10(16)8-13-3-5-14(6-4-13)9(15)7-11/h3-8H2,1-2H3. The van der Waals surface area contributed by atoms with Gasteiger partial charge in [0.25, 0.3) is 0 Å². The predicted molar refractivity (Wildman–Crippen MR) is 65.5 cm³/mol. The van der Waals surface area contributed by atoms with Gasteiger partial charge in [-0.1, -0.05) is 15.9 Å². The summed E-state index contributed by atoms with van der Waals surface area (Å²) in [6, 6.07) is 0. The third kappa shape index (κ3) is 3.75. The lowest BCUT2D eigenvalue weighted by Gasteiger charge is -2.34. The zero-order valence-corrected chi connectivity index (χ0v) is 11.4. The van der Waals surface area contributed by atoms with E-state index in [0.29, 0.717) is 25.0 Å². The van der Waals surface area contributed by atoms with Gasteiger partial charge in [-0.2, -0.15) is 0 Å². The van der Waals surface area contributed by atoms with E-state index in [4.69, 9.17) is 0 Å². The smallest absolute Gasteiger partial charge is 0.236 e. The molecular weight excluding hydrogens is 274 g/mol. The van der Waals surface area contributed by atoms with Crippen molar-refractivity contribution in [2.75, 3.05) is 52.1 Å². The van der Waals surface area contributed by atoms with E-state index in [2.05, 4.69) is 20.8 Å². The molecule has 1 heterocycles. The second kappa shape index (κ2) is 6.20. The lowest BCUT2D eigenvalue weighted by Crippen LogP contribution is -2.51. The zero-order valence-electron chi connectivity index (χ0n) is 9.78. The number of amides is 2. The van der Waals surface area contributed by atoms with E-state index in [1.807, 2.05) is 4.90 Å². The van der Waals surface area contributed by atoms with Gasteiger partial charge in [0.15, 0.2) is 0 Å². The van der Waals surface area contributed by atoms with Crippen LogP contribution in [0.25, 0.3) is 0 Å². The summed E-state index contributed by atoms with van der Waals surface area (Å²) in [5, 5.41) is 0.379. The molecule has 1 saturated heterocycles. The average molecular weight is 292 g/mol. The number of carbonyl (C=O) groups excluding carboxylic acids is 2. The number of alkyl halides is 1. The van der Waals surface area contributed by atoms with Crippen LogP contribution in [0.15, 0.2) is 0 Å². The summed E-state index contributed by atoms with van der Waals surface area (Å²) in [6.07, 6.45) is 0. The number of piperazine rings is 1. The zero-order chi connectivity index (χ0) is 12.1. The third-order valence-electron chi connectivity index (χ3n) is 2.70. The maximum Gasteiger partial charge on any atom is 0.236 e. The monoisotopic (exact) mass is 291 g/mol. The Hall–Kier alpha value is -0.620. The molecule has 0 radical (unpaired) electrons. The van der Waals surface area contributed by atoms with Gasteiger partial charge in [-0.05, 0) is 0 Å². The molecular formula is C10H18BrN3O2. The first-order chi connectivity index (χ1) is 7.54. The molecule has 0 aromatic carbocycles. The first-order valence-electron chi connectivity index (χ1n) is 5.31. The van der Waals surface area contributed by atoms with Crippen LogP contribution in [0.2, 0.25) is 0 Å². The second-order valence-electron chi connectivity index (χ2n) is 4.08. The van der Waals surface area contributed by atoms with Crippen LogP contribution in [-0.2, 0) is 9.59 Å². The molecule has 0 saturated carbocycles. The Morgan fingerprint density at radius 3 is 2.19 bits per heavy atom. The fourth-order valence-corrected chi connectivity index (χ4v) is 1.93. The first kappa shape index (κ1) is 13.4. The SMILES string of the molecule is CN(C)C(=O)CN1CCN(C(=O)CBr)CC1. The summed E-state index contributed by atoms with van der Waals surface area (Å²) in [6.45, 7) is 3.43. The number of hydrogen-bond donors (Lipinski definition) is 0. The van der Waals surface area contributed by atoms with Crippen LogP contribution >= 0.6 is 15.9 Å². The summed E-state index contributed by atoms with van der Waals surface area (Å²) in [7, 11) is 3.51. The largest absolute Gasteiger partial charge is 0.348 e. The maximum absolute atomic E-state index is 11.5. The lowest BCUT2D eigenvalue weighted by molar-refractivity contribution is -0.132. The molecule has 16 heavy (non-hydrogen) atoms. The van der Waals surface area contributed by atoms with Crippen molar-refractivity contribution in [2.24, 2.45) is 0 Å². The van der Waals surface area contributed by atoms with E-state index < -0.39 is 0 Å². The highest BCUT2D eigenvalue weighted by molar-refractivity contribution is 9.09. The maximum atomic E-state index is 11.5. The molecule has 0 bridgehead atoms. The normalized spacial score (nSPS) is 17.3.